The molecule has 1 saturated heterocycles. The number of hydrogen-bond donors (Lipinski definition) is 1. The summed E-state index contributed by atoms with van der Waals surface area (Å²) < 4.78 is 16.0. The van der Waals surface area contributed by atoms with Crippen LogP contribution in [0, 0.1) is 0 Å². The van der Waals surface area contributed by atoms with Gasteiger partial charge in [-0.2, -0.15) is 0 Å². The first-order chi connectivity index (χ1) is 12.6. The van der Waals surface area contributed by atoms with E-state index in [1.807, 2.05) is 0 Å². The van der Waals surface area contributed by atoms with Gasteiger partial charge in [-0.1, -0.05) is 0 Å². The Bertz CT molecular complexity index is 693. The molecule has 1 amide bonds. The van der Waals surface area contributed by atoms with E-state index in [9.17, 15) is 19.5 Å². The molecule has 0 saturated carbocycles. The van der Waals surface area contributed by atoms with E-state index in [4.69, 9.17) is 14.2 Å². The van der Waals surface area contributed by atoms with Crippen molar-refractivity contribution in [3.05, 3.63) is 29.8 Å². The third-order valence-corrected chi connectivity index (χ3v) is 3.84. The summed E-state index contributed by atoms with van der Waals surface area (Å²) >= 11 is 0. The van der Waals surface area contributed by atoms with E-state index in [-0.39, 0.29) is 19.6 Å². The molecule has 0 bridgehead atoms. The van der Waals surface area contributed by atoms with Crippen LogP contribution in [0.3, 0.4) is 0 Å². The van der Waals surface area contributed by atoms with Gasteiger partial charge in [0.25, 0.3) is 0 Å². The number of likely N-dealkylation sites (tertiary alicyclic amines) is 1. The van der Waals surface area contributed by atoms with Crippen molar-refractivity contribution in [1.82, 2.24) is 4.90 Å². The number of carboxylic acids is 1. The maximum absolute atomic E-state index is 12.3. The van der Waals surface area contributed by atoms with Crippen molar-refractivity contribution in [2.75, 3.05) is 13.2 Å². The molecular formula is C19H25NO7. The lowest BCUT2D eigenvalue weighted by atomic mass is 10.2. The molecule has 8 heteroatoms. The summed E-state index contributed by atoms with van der Waals surface area (Å²) in [5, 5.41) is 9.41. The summed E-state index contributed by atoms with van der Waals surface area (Å²) in [5.74, 6) is -1.06. The number of amides is 1. The quantitative estimate of drug-likeness (QED) is 0.785. The van der Waals surface area contributed by atoms with Gasteiger partial charge in [0.05, 0.1) is 18.7 Å². The zero-order valence-electron chi connectivity index (χ0n) is 15.9. The van der Waals surface area contributed by atoms with Crippen LogP contribution >= 0.6 is 0 Å². The first-order valence-corrected chi connectivity index (χ1v) is 8.77. The standard InChI is InChI=1S/C19H25NO7/c1-5-25-17(23)12-6-8-13(9-7-12)26-14-10-15(16(21)22)20(11-14)18(24)27-19(2,3)4/h6-9,14-15H,5,10-11H2,1-4H3,(H,21,22)/t14-,15+/m1/s1. The molecule has 0 unspecified atom stereocenters. The van der Waals surface area contributed by atoms with Gasteiger partial charge in [0.15, 0.2) is 0 Å². The van der Waals surface area contributed by atoms with Crippen LogP contribution < -0.4 is 4.74 Å². The third kappa shape index (κ3) is 5.60. The number of aliphatic carboxylic acids is 1. The fraction of sp³-hybridized carbons (Fsp3) is 0.526. The Labute approximate surface area is 158 Å². The fourth-order valence-electron chi connectivity index (χ4n) is 2.72. The summed E-state index contributed by atoms with van der Waals surface area (Å²) in [4.78, 5) is 36.6. The molecule has 1 aliphatic rings. The van der Waals surface area contributed by atoms with Gasteiger partial charge in [0.1, 0.15) is 23.5 Å². The van der Waals surface area contributed by atoms with Gasteiger partial charge < -0.3 is 19.3 Å². The number of nitrogens with zero attached hydrogens (tertiary/aromatic N) is 1. The van der Waals surface area contributed by atoms with Crippen LogP contribution in [0.2, 0.25) is 0 Å². The van der Waals surface area contributed by atoms with Crippen molar-refractivity contribution in [2.24, 2.45) is 0 Å². The topological polar surface area (TPSA) is 102 Å². The summed E-state index contributed by atoms with van der Waals surface area (Å²) in [6.07, 6.45) is -1.03. The van der Waals surface area contributed by atoms with Crippen molar-refractivity contribution in [1.29, 1.82) is 0 Å². The Kier molecular flexibility index (Phi) is 6.30. The minimum atomic E-state index is -1.11. The van der Waals surface area contributed by atoms with E-state index >= 15 is 0 Å². The number of hydrogen-bond acceptors (Lipinski definition) is 6. The molecule has 1 aromatic carbocycles. The molecule has 1 aromatic rings. The third-order valence-electron chi connectivity index (χ3n) is 3.84. The zero-order chi connectivity index (χ0) is 20.2. The van der Waals surface area contributed by atoms with E-state index in [1.54, 1.807) is 52.0 Å². The van der Waals surface area contributed by atoms with Crippen LogP contribution in [0.15, 0.2) is 24.3 Å². The minimum Gasteiger partial charge on any atom is -0.488 e. The number of carbonyl (C=O) groups excluding carboxylic acids is 2. The van der Waals surface area contributed by atoms with Gasteiger partial charge in [-0.05, 0) is 52.0 Å². The molecule has 0 aromatic heterocycles. The highest BCUT2D eigenvalue weighted by atomic mass is 16.6. The predicted molar refractivity (Wildman–Crippen MR) is 95.8 cm³/mol. The highest BCUT2D eigenvalue weighted by molar-refractivity contribution is 5.89. The molecule has 0 spiro atoms. The van der Waals surface area contributed by atoms with Crippen molar-refractivity contribution in [3.63, 3.8) is 0 Å². The summed E-state index contributed by atoms with van der Waals surface area (Å²) in [5.41, 5.74) is -0.323. The Morgan fingerprint density at radius 1 is 1.19 bits per heavy atom. The predicted octanol–water partition coefficient (Wildman–Crippen LogP) is 2.70. The Morgan fingerprint density at radius 2 is 1.81 bits per heavy atom. The molecule has 1 heterocycles. The Balaban J connectivity index is 2.04. The zero-order valence-corrected chi connectivity index (χ0v) is 15.9. The normalized spacial score (nSPS) is 19.5. The van der Waals surface area contributed by atoms with Crippen molar-refractivity contribution in [3.8, 4) is 5.75 Å². The highest BCUT2D eigenvalue weighted by Gasteiger charge is 2.42. The Hall–Kier alpha value is -2.77. The average Bonchev–Trinajstić information content (AvgIpc) is 2.98. The molecule has 0 radical (unpaired) electrons. The lowest BCUT2D eigenvalue weighted by Gasteiger charge is -2.26. The molecule has 2 rings (SSSR count). The van der Waals surface area contributed by atoms with E-state index in [0.717, 1.165) is 0 Å². The van der Waals surface area contributed by atoms with Crippen LogP contribution in [0.4, 0.5) is 4.79 Å². The maximum Gasteiger partial charge on any atom is 0.411 e. The number of ether oxygens (including phenoxy) is 3. The van der Waals surface area contributed by atoms with Gasteiger partial charge in [0, 0.05) is 6.42 Å². The molecule has 8 nitrogen and oxygen atoms in total. The molecule has 27 heavy (non-hydrogen) atoms. The largest absolute Gasteiger partial charge is 0.488 e. The number of benzene rings is 1. The first kappa shape index (κ1) is 20.5. The average molecular weight is 379 g/mol. The maximum atomic E-state index is 12.3. The van der Waals surface area contributed by atoms with Crippen LogP contribution in [0.1, 0.15) is 44.5 Å². The van der Waals surface area contributed by atoms with Crippen molar-refractivity contribution < 1.29 is 33.7 Å². The first-order valence-electron chi connectivity index (χ1n) is 8.77. The second-order valence-electron chi connectivity index (χ2n) is 7.21. The lowest BCUT2D eigenvalue weighted by Crippen LogP contribution is -2.43. The number of carbonyl (C=O) groups is 3. The number of esters is 1. The highest BCUT2D eigenvalue weighted by Crippen LogP contribution is 2.25. The molecule has 0 aliphatic carbocycles. The van der Waals surface area contributed by atoms with E-state index < -0.39 is 35.8 Å². The fourth-order valence-corrected chi connectivity index (χ4v) is 2.72. The van der Waals surface area contributed by atoms with Gasteiger partial charge >= 0.3 is 18.0 Å². The van der Waals surface area contributed by atoms with Crippen LogP contribution in [0.25, 0.3) is 0 Å². The molecule has 1 N–H and O–H groups in total. The van der Waals surface area contributed by atoms with Gasteiger partial charge in [-0.25, -0.2) is 14.4 Å². The molecule has 1 fully saturated rings. The lowest BCUT2D eigenvalue weighted by molar-refractivity contribution is -0.142. The molecule has 2 atom stereocenters. The van der Waals surface area contributed by atoms with Crippen molar-refractivity contribution >= 4 is 18.0 Å². The SMILES string of the molecule is CCOC(=O)c1ccc(O[C@@H]2C[C@@H](C(=O)O)N(C(=O)OC(C)(C)C)C2)cc1. The molecular weight excluding hydrogens is 354 g/mol. The van der Waals surface area contributed by atoms with Crippen LogP contribution in [0.5, 0.6) is 5.75 Å². The summed E-state index contributed by atoms with van der Waals surface area (Å²) in [6.45, 7) is 7.27. The number of rotatable bonds is 5. The molecule has 1 aliphatic heterocycles. The minimum absolute atomic E-state index is 0.103. The summed E-state index contributed by atoms with van der Waals surface area (Å²) in [6, 6.07) is 5.35. The second-order valence-corrected chi connectivity index (χ2v) is 7.21. The van der Waals surface area contributed by atoms with Crippen molar-refractivity contribution in [2.45, 2.75) is 51.9 Å². The smallest absolute Gasteiger partial charge is 0.411 e. The van der Waals surface area contributed by atoms with Gasteiger partial charge in [-0.3, -0.25) is 4.90 Å². The Morgan fingerprint density at radius 3 is 2.33 bits per heavy atom. The van der Waals surface area contributed by atoms with Crippen LogP contribution in [-0.2, 0) is 14.3 Å². The number of carboxylic acid groups (broad SMARTS) is 1. The van der Waals surface area contributed by atoms with Gasteiger partial charge in [-0.15, -0.1) is 0 Å². The van der Waals surface area contributed by atoms with Gasteiger partial charge in [0.2, 0.25) is 0 Å². The monoisotopic (exact) mass is 379 g/mol. The van der Waals surface area contributed by atoms with E-state index in [1.165, 1.54) is 4.90 Å². The van der Waals surface area contributed by atoms with E-state index in [0.29, 0.717) is 11.3 Å². The van der Waals surface area contributed by atoms with E-state index in [2.05, 4.69) is 0 Å². The summed E-state index contributed by atoms with van der Waals surface area (Å²) in [7, 11) is 0. The second kappa shape index (κ2) is 8.28. The van der Waals surface area contributed by atoms with Crippen LogP contribution in [-0.4, -0.2) is 58.9 Å². The molecule has 148 valence electrons.